The van der Waals surface area contributed by atoms with Crippen molar-refractivity contribution >= 4 is 11.9 Å². The second-order valence-corrected chi connectivity index (χ2v) is 6.04. The van der Waals surface area contributed by atoms with E-state index >= 15 is 0 Å². The summed E-state index contributed by atoms with van der Waals surface area (Å²) in [5.74, 6) is -1.14. The SMILES string of the molecule is O=C(OC(C(=O)N1CCOCC1)c1ccccc1)c1ccc(OC(F)F)cc1. The van der Waals surface area contributed by atoms with E-state index in [9.17, 15) is 18.4 Å². The van der Waals surface area contributed by atoms with Crippen molar-refractivity contribution in [2.45, 2.75) is 12.7 Å². The van der Waals surface area contributed by atoms with Gasteiger partial charge in [-0.2, -0.15) is 8.78 Å². The van der Waals surface area contributed by atoms with Crippen LogP contribution in [0.25, 0.3) is 0 Å². The molecule has 2 aromatic rings. The van der Waals surface area contributed by atoms with Crippen LogP contribution in [0.1, 0.15) is 22.0 Å². The van der Waals surface area contributed by atoms with Gasteiger partial charge in [0.15, 0.2) is 0 Å². The monoisotopic (exact) mass is 391 g/mol. The van der Waals surface area contributed by atoms with E-state index in [0.29, 0.717) is 31.9 Å². The van der Waals surface area contributed by atoms with Crippen molar-refractivity contribution in [3.05, 3.63) is 65.7 Å². The molecule has 2 aromatic carbocycles. The minimum atomic E-state index is -2.95. The summed E-state index contributed by atoms with van der Waals surface area (Å²) in [7, 11) is 0. The van der Waals surface area contributed by atoms with Gasteiger partial charge in [0.05, 0.1) is 18.8 Å². The largest absolute Gasteiger partial charge is 0.444 e. The van der Waals surface area contributed by atoms with Crippen molar-refractivity contribution < 1.29 is 32.6 Å². The van der Waals surface area contributed by atoms with Crippen LogP contribution in [0.5, 0.6) is 5.75 Å². The highest BCUT2D eigenvalue weighted by molar-refractivity contribution is 5.92. The molecule has 1 saturated heterocycles. The highest BCUT2D eigenvalue weighted by Crippen LogP contribution is 2.23. The Hall–Kier alpha value is -3.00. The predicted molar refractivity (Wildman–Crippen MR) is 95.1 cm³/mol. The molecule has 1 heterocycles. The summed E-state index contributed by atoms with van der Waals surface area (Å²) in [5.41, 5.74) is 0.669. The van der Waals surface area contributed by atoms with Gasteiger partial charge in [-0.25, -0.2) is 4.79 Å². The van der Waals surface area contributed by atoms with Gasteiger partial charge in [-0.05, 0) is 24.3 Å². The maximum absolute atomic E-state index is 12.9. The minimum absolute atomic E-state index is 0.0736. The summed E-state index contributed by atoms with van der Waals surface area (Å²) in [6.45, 7) is -1.27. The van der Waals surface area contributed by atoms with Crippen LogP contribution < -0.4 is 4.74 Å². The Labute approximate surface area is 160 Å². The second kappa shape index (κ2) is 9.27. The zero-order valence-corrected chi connectivity index (χ0v) is 14.9. The standard InChI is InChI=1S/C20H19F2NO5/c21-20(22)27-16-8-6-15(7-9-16)19(25)28-17(14-4-2-1-3-5-14)18(24)23-10-12-26-13-11-23/h1-9,17,20H,10-13H2. The molecule has 0 aliphatic carbocycles. The fourth-order valence-corrected chi connectivity index (χ4v) is 2.79. The summed E-state index contributed by atoms with van der Waals surface area (Å²) < 4.78 is 39.5. The van der Waals surface area contributed by atoms with E-state index in [4.69, 9.17) is 9.47 Å². The third kappa shape index (κ3) is 5.04. The number of halogens is 2. The molecule has 1 aliphatic rings. The molecule has 0 saturated carbocycles. The van der Waals surface area contributed by atoms with Gasteiger partial charge in [0.1, 0.15) is 5.75 Å². The lowest BCUT2D eigenvalue weighted by Gasteiger charge is -2.30. The summed E-state index contributed by atoms with van der Waals surface area (Å²) in [6, 6.07) is 13.8. The highest BCUT2D eigenvalue weighted by Gasteiger charge is 2.30. The average Bonchev–Trinajstić information content (AvgIpc) is 2.73. The molecule has 148 valence electrons. The van der Waals surface area contributed by atoms with Crippen LogP contribution >= 0.6 is 0 Å². The Bertz CT molecular complexity index is 792. The minimum Gasteiger partial charge on any atom is -0.444 e. The fraction of sp³-hybridized carbons (Fsp3) is 0.300. The van der Waals surface area contributed by atoms with Crippen molar-refractivity contribution in [2.24, 2.45) is 0 Å². The quantitative estimate of drug-likeness (QED) is 0.709. The highest BCUT2D eigenvalue weighted by atomic mass is 19.3. The summed E-state index contributed by atoms with van der Waals surface area (Å²) in [6.07, 6.45) is -1.11. The molecule has 28 heavy (non-hydrogen) atoms. The number of rotatable bonds is 6. The van der Waals surface area contributed by atoms with Crippen LogP contribution in [-0.4, -0.2) is 49.7 Å². The molecule has 0 bridgehead atoms. The van der Waals surface area contributed by atoms with E-state index in [2.05, 4.69) is 4.74 Å². The molecular weight excluding hydrogens is 372 g/mol. The first kappa shape index (κ1) is 19.8. The molecule has 1 unspecified atom stereocenters. The van der Waals surface area contributed by atoms with Crippen LogP contribution in [0.3, 0.4) is 0 Å². The van der Waals surface area contributed by atoms with E-state index in [0.717, 1.165) is 0 Å². The number of amides is 1. The van der Waals surface area contributed by atoms with E-state index in [1.807, 2.05) is 0 Å². The van der Waals surface area contributed by atoms with Crippen molar-refractivity contribution in [1.29, 1.82) is 0 Å². The maximum atomic E-state index is 12.9. The fourth-order valence-electron chi connectivity index (χ4n) is 2.79. The Balaban J connectivity index is 1.77. The number of ether oxygens (including phenoxy) is 3. The van der Waals surface area contributed by atoms with E-state index in [1.165, 1.54) is 24.3 Å². The number of carbonyl (C=O) groups excluding carboxylic acids is 2. The van der Waals surface area contributed by atoms with Gasteiger partial charge in [0, 0.05) is 18.7 Å². The van der Waals surface area contributed by atoms with Crippen LogP contribution in [0.2, 0.25) is 0 Å². The first-order chi connectivity index (χ1) is 13.5. The first-order valence-corrected chi connectivity index (χ1v) is 8.72. The van der Waals surface area contributed by atoms with Crippen LogP contribution in [-0.2, 0) is 14.3 Å². The first-order valence-electron chi connectivity index (χ1n) is 8.72. The molecule has 1 atom stereocenters. The number of carbonyl (C=O) groups is 2. The lowest BCUT2D eigenvalue weighted by Crippen LogP contribution is -2.44. The summed E-state index contributed by atoms with van der Waals surface area (Å²) in [5, 5.41) is 0. The molecule has 0 radical (unpaired) electrons. The summed E-state index contributed by atoms with van der Waals surface area (Å²) >= 11 is 0. The number of morpholine rings is 1. The molecular formula is C20H19F2NO5. The normalized spacial score (nSPS) is 15.2. The van der Waals surface area contributed by atoms with Crippen LogP contribution in [0, 0.1) is 0 Å². The Kier molecular flexibility index (Phi) is 6.54. The molecule has 8 heteroatoms. The molecule has 0 N–H and O–H groups in total. The lowest BCUT2D eigenvalue weighted by molar-refractivity contribution is -0.145. The Morgan fingerprint density at radius 2 is 1.61 bits per heavy atom. The number of hydrogen-bond acceptors (Lipinski definition) is 5. The van der Waals surface area contributed by atoms with Gasteiger partial charge < -0.3 is 19.1 Å². The molecule has 1 aliphatic heterocycles. The second-order valence-electron chi connectivity index (χ2n) is 6.04. The average molecular weight is 391 g/mol. The van der Waals surface area contributed by atoms with E-state index < -0.39 is 18.7 Å². The zero-order chi connectivity index (χ0) is 19.9. The van der Waals surface area contributed by atoms with E-state index in [1.54, 1.807) is 35.2 Å². The molecule has 1 fully saturated rings. The van der Waals surface area contributed by atoms with Crippen molar-refractivity contribution in [3.63, 3.8) is 0 Å². The number of hydrogen-bond donors (Lipinski definition) is 0. The van der Waals surface area contributed by atoms with Gasteiger partial charge in [0.25, 0.3) is 5.91 Å². The van der Waals surface area contributed by atoms with Crippen LogP contribution in [0.4, 0.5) is 8.78 Å². The third-order valence-electron chi connectivity index (χ3n) is 4.19. The summed E-state index contributed by atoms with van der Waals surface area (Å²) in [4.78, 5) is 27.1. The molecule has 0 aromatic heterocycles. The molecule has 0 spiro atoms. The number of nitrogens with zero attached hydrogens (tertiary/aromatic N) is 1. The molecule has 6 nitrogen and oxygen atoms in total. The molecule has 1 amide bonds. The number of alkyl halides is 2. The van der Waals surface area contributed by atoms with Gasteiger partial charge in [-0.15, -0.1) is 0 Å². The number of benzene rings is 2. The number of esters is 1. The van der Waals surface area contributed by atoms with Crippen LogP contribution in [0.15, 0.2) is 54.6 Å². The zero-order valence-electron chi connectivity index (χ0n) is 14.9. The van der Waals surface area contributed by atoms with Crippen molar-refractivity contribution in [1.82, 2.24) is 4.90 Å². The van der Waals surface area contributed by atoms with E-state index in [-0.39, 0.29) is 17.2 Å². The smallest absolute Gasteiger partial charge is 0.387 e. The molecule has 3 rings (SSSR count). The van der Waals surface area contributed by atoms with Gasteiger partial charge in [0.2, 0.25) is 6.10 Å². The van der Waals surface area contributed by atoms with Gasteiger partial charge >= 0.3 is 12.6 Å². The maximum Gasteiger partial charge on any atom is 0.387 e. The van der Waals surface area contributed by atoms with Gasteiger partial charge in [-0.3, -0.25) is 4.79 Å². The third-order valence-corrected chi connectivity index (χ3v) is 4.19. The lowest BCUT2D eigenvalue weighted by atomic mass is 10.1. The van der Waals surface area contributed by atoms with Gasteiger partial charge in [-0.1, -0.05) is 30.3 Å². The topological polar surface area (TPSA) is 65.1 Å². The Morgan fingerprint density at radius 3 is 2.21 bits per heavy atom. The van der Waals surface area contributed by atoms with Crippen molar-refractivity contribution in [2.75, 3.05) is 26.3 Å². The Morgan fingerprint density at radius 1 is 0.964 bits per heavy atom. The predicted octanol–water partition coefficient (Wildman–Crippen LogP) is 3.04. The van der Waals surface area contributed by atoms with Crippen molar-refractivity contribution in [3.8, 4) is 5.75 Å².